The van der Waals surface area contributed by atoms with Crippen molar-refractivity contribution in [3.05, 3.63) is 63.6 Å². The standard InChI is InChI=1S/C24H31BrClN3O4S/c1-5-17(3)27-24(31)22(6-2)28(15-18-10-7-8-13-21(18)26)23(30)16-29(34(4,32)33)20-12-9-11-19(25)14-20/h7-14,17,22H,5-6,15-16H2,1-4H3,(H,27,31)/t17-,22+/m0/s1. The van der Waals surface area contributed by atoms with Crippen LogP contribution in [0.5, 0.6) is 0 Å². The van der Waals surface area contributed by atoms with E-state index in [2.05, 4.69) is 21.2 Å². The van der Waals surface area contributed by atoms with E-state index >= 15 is 0 Å². The summed E-state index contributed by atoms with van der Waals surface area (Å²) < 4.78 is 26.9. The van der Waals surface area contributed by atoms with Crippen LogP contribution in [-0.2, 0) is 26.2 Å². The lowest BCUT2D eigenvalue weighted by Gasteiger charge is -2.33. The second kappa shape index (κ2) is 12.6. The number of carbonyl (C=O) groups excluding carboxylic acids is 2. The predicted octanol–water partition coefficient (Wildman–Crippen LogP) is 4.59. The van der Waals surface area contributed by atoms with E-state index in [0.717, 1.165) is 17.0 Å². The summed E-state index contributed by atoms with van der Waals surface area (Å²) in [5.74, 6) is -0.790. The number of nitrogens with zero attached hydrogens (tertiary/aromatic N) is 2. The monoisotopic (exact) mass is 571 g/mol. The molecule has 2 atom stereocenters. The molecule has 2 aromatic rings. The normalized spacial score (nSPS) is 13.1. The maximum Gasteiger partial charge on any atom is 0.244 e. The van der Waals surface area contributed by atoms with Gasteiger partial charge >= 0.3 is 0 Å². The van der Waals surface area contributed by atoms with E-state index in [-0.39, 0.29) is 18.5 Å². The van der Waals surface area contributed by atoms with Gasteiger partial charge < -0.3 is 10.2 Å². The van der Waals surface area contributed by atoms with Crippen LogP contribution in [-0.4, -0.2) is 50.0 Å². The summed E-state index contributed by atoms with van der Waals surface area (Å²) in [6.07, 6.45) is 2.14. The number of benzene rings is 2. The Balaban J connectivity index is 2.45. The first-order valence-electron chi connectivity index (χ1n) is 11.0. The zero-order valence-electron chi connectivity index (χ0n) is 19.8. The van der Waals surface area contributed by atoms with Crippen molar-refractivity contribution >= 4 is 55.1 Å². The van der Waals surface area contributed by atoms with Crippen molar-refractivity contribution in [1.29, 1.82) is 0 Å². The molecule has 0 unspecified atom stereocenters. The van der Waals surface area contributed by atoms with Gasteiger partial charge in [-0.15, -0.1) is 0 Å². The molecular formula is C24H31BrClN3O4S. The molecule has 0 saturated heterocycles. The smallest absolute Gasteiger partial charge is 0.244 e. The molecule has 0 radical (unpaired) electrons. The van der Waals surface area contributed by atoms with Crippen LogP contribution in [0.1, 0.15) is 39.2 Å². The first-order valence-corrected chi connectivity index (χ1v) is 14.1. The van der Waals surface area contributed by atoms with Crippen molar-refractivity contribution < 1.29 is 18.0 Å². The van der Waals surface area contributed by atoms with Crippen LogP contribution < -0.4 is 9.62 Å². The average Bonchev–Trinajstić information content (AvgIpc) is 2.77. The van der Waals surface area contributed by atoms with Gasteiger partial charge in [0.05, 0.1) is 11.9 Å². The highest BCUT2D eigenvalue weighted by molar-refractivity contribution is 9.10. The Morgan fingerprint density at radius 2 is 1.76 bits per heavy atom. The minimum absolute atomic E-state index is 0.0620. The topological polar surface area (TPSA) is 86.8 Å². The van der Waals surface area contributed by atoms with Crippen LogP contribution in [0, 0.1) is 0 Å². The maximum absolute atomic E-state index is 13.6. The number of sulfonamides is 1. The predicted molar refractivity (Wildman–Crippen MR) is 140 cm³/mol. The molecule has 0 fully saturated rings. The molecule has 0 bridgehead atoms. The van der Waals surface area contributed by atoms with Crippen molar-refractivity contribution in [1.82, 2.24) is 10.2 Å². The summed E-state index contributed by atoms with van der Waals surface area (Å²) in [6.45, 7) is 5.29. The summed E-state index contributed by atoms with van der Waals surface area (Å²) in [4.78, 5) is 28.1. The van der Waals surface area contributed by atoms with Crippen LogP contribution in [0.15, 0.2) is 53.0 Å². The number of rotatable bonds is 11. The van der Waals surface area contributed by atoms with Gasteiger partial charge in [0.1, 0.15) is 12.6 Å². The molecule has 10 heteroatoms. The third-order valence-corrected chi connectivity index (χ3v) is 7.46. The van der Waals surface area contributed by atoms with Gasteiger partial charge in [-0.3, -0.25) is 13.9 Å². The maximum atomic E-state index is 13.6. The van der Waals surface area contributed by atoms with Gasteiger partial charge in [0, 0.05) is 22.1 Å². The summed E-state index contributed by atoms with van der Waals surface area (Å²) in [5, 5.41) is 3.40. The fraction of sp³-hybridized carbons (Fsp3) is 0.417. The first kappa shape index (κ1) is 28.1. The molecule has 0 aliphatic heterocycles. The molecule has 0 aliphatic carbocycles. The van der Waals surface area contributed by atoms with Crippen molar-refractivity contribution in [3.8, 4) is 0 Å². The second-order valence-electron chi connectivity index (χ2n) is 8.10. The van der Waals surface area contributed by atoms with Gasteiger partial charge in [0.2, 0.25) is 21.8 Å². The molecule has 2 rings (SSSR count). The first-order chi connectivity index (χ1) is 16.0. The quantitative estimate of drug-likeness (QED) is 0.427. The Kier molecular flexibility index (Phi) is 10.4. The Labute approximate surface area is 215 Å². The third kappa shape index (κ3) is 7.71. The van der Waals surface area contributed by atoms with Crippen molar-refractivity contribution in [3.63, 3.8) is 0 Å². The number of hydrogen-bond donors (Lipinski definition) is 1. The third-order valence-electron chi connectivity index (χ3n) is 5.46. The van der Waals surface area contributed by atoms with E-state index in [4.69, 9.17) is 11.6 Å². The van der Waals surface area contributed by atoms with Crippen LogP contribution in [0.25, 0.3) is 0 Å². The molecule has 0 aliphatic rings. The summed E-state index contributed by atoms with van der Waals surface area (Å²) >= 11 is 9.69. The molecule has 1 N–H and O–H groups in total. The number of nitrogens with one attached hydrogen (secondary N) is 1. The molecule has 186 valence electrons. The lowest BCUT2D eigenvalue weighted by atomic mass is 10.1. The highest BCUT2D eigenvalue weighted by Gasteiger charge is 2.32. The summed E-state index contributed by atoms with van der Waals surface area (Å²) in [7, 11) is -3.78. The number of halogens is 2. The lowest BCUT2D eigenvalue weighted by Crippen LogP contribution is -2.53. The van der Waals surface area contributed by atoms with Crippen LogP contribution in [0.2, 0.25) is 5.02 Å². The van der Waals surface area contributed by atoms with Crippen molar-refractivity contribution in [2.75, 3.05) is 17.1 Å². The molecule has 7 nitrogen and oxygen atoms in total. The molecule has 0 aromatic heterocycles. The van der Waals surface area contributed by atoms with Gasteiger partial charge in [-0.1, -0.05) is 65.6 Å². The van der Waals surface area contributed by atoms with Gasteiger partial charge in [-0.2, -0.15) is 0 Å². The van der Waals surface area contributed by atoms with Crippen LogP contribution in [0.3, 0.4) is 0 Å². The Bertz CT molecular complexity index is 1110. The minimum Gasteiger partial charge on any atom is -0.352 e. The van der Waals surface area contributed by atoms with E-state index in [9.17, 15) is 18.0 Å². The number of amides is 2. The van der Waals surface area contributed by atoms with Crippen molar-refractivity contribution in [2.24, 2.45) is 0 Å². The van der Waals surface area contributed by atoms with E-state index in [1.807, 2.05) is 20.8 Å². The fourth-order valence-electron chi connectivity index (χ4n) is 3.42. The number of hydrogen-bond acceptors (Lipinski definition) is 4. The van der Waals surface area contributed by atoms with Crippen molar-refractivity contribution in [2.45, 2.75) is 52.2 Å². The minimum atomic E-state index is -3.78. The van der Waals surface area contributed by atoms with E-state index in [1.165, 1.54) is 4.90 Å². The van der Waals surface area contributed by atoms with E-state index < -0.39 is 28.5 Å². The van der Waals surface area contributed by atoms with Crippen LogP contribution >= 0.6 is 27.5 Å². The highest BCUT2D eigenvalue weighted by atomic mass is 79.9. The largest absolute Gasteiger partial charge is 0.352 e. The number of anilines is 1. The summed E-state index contributed by atoms with van der Waals surface area (Å²) in [5.41, 5.74) is 1.01. The molecule has 0 spiro atoms. The number of carbonyl (C=O) groups is 2. The second-order valence-corrected chi connectivity index (χ2v) is 11.3. The SMILES string of the molecule is CC[C@H](C(=O)N[C@@H](C)CC)N(Cc1ccccc1Cl)C(=O)CN(c1cccc(Br)c1)S(C)(=O)=O. The Morgan fingerprint density at radius 1 is 1.09 bits per heavy atom. The zero-order chi connectivity index (χ0) is 25.5. The van der Waals surface area contributed by atoms with Crippen LogP contribution in [0.4, 0.5) is 5.69 Å². The fourth-order valence-corrected chi connectivity index (χ4v) is 4.84. The molecule has 0 heterocycles. The highest BCUT2D eigenvalue weighted by Crippen LogP contribution is 2.24. The zero-order valence-corrected chi connectivity index (χ0v) is 23.0. The average molecular weight is 573 g/mol. The van der Waals surface area contributed by atoms with E-state index in [0.29, 0.717) is 27.2 Å². The van der Waals surface area contributed by atoms with E-state index in [1.54, 1.807) is 48.5 Å². The van der Waals surface area contributed by atoms with Gasteiger partial charge in [0.15, 0.2) is 0 Å². The molecule has 0 saturated carbocycles. The summed E-state index contributed by atoms with van der Waals surface area (Å²) in [6, 6.07) is 12.9. The molecule has 34 heavy (non-hydrogen) atoms. The molecule has 2 amide bonds. The van der Waals surface area contributed by atoms with Gasteiger partial charge in [-0.25, -0.2) is 8.42 Å². The van der Waals surface area contributed by atoms with Gasteiger partial charge in [0.25, 0.3) is 0 Å². The van der Waals surface area contributed by atoms with Gasteiger partial charge in [-0.05, 0) is 49.6 Å². The molecule has 2 aromatic carbocycles. The Morgan fingerprint density at radius 3 is 2.32 bits per heavy atom. The molecular weight excluding hydrogens is 542 g/mol. The Hall–Kier alpha value is -2.10. The lowest BCUT2D eigenvalue weighted by molar-refractivity contribution is -0.140.